The van der Waals surface area contributed by atoms with Crippen molar-refractivity contribution in [2.45, 2.75) is 26.7 Å². The number of methoxy groups -OCH3 is 1. The van der Waals surface area contributed by atoms with E-state index < -0.39 is 0 Å². The van der Waals surface area contributed by atoms with Gasteiger partial charge in [0.1, 0.15) is 5.75 Å². The highest BCUT2D eigenvalue weighted by Crippen LogP contribution is 2.29. The van der Waals surface area contributed by atoms with E-state index >= 15 is 0 Å². The lowest BCUT2D eigenvalue weighted by atomic mass is 9.97. The zero-order chi connectivity index (χ0) is 10.7. The predicted molar refractivity (Wildman–Crippen MR) is 56.5 cm³/mol. The first kappa shape index (κ1) is 10.6. The average molecular weight is 189 g/mol. The number of aryl methyl sites for hydroxylation is 2. The highest BCUT2D eigenvalue weighted by atomic mass is 16.5. The number of hydrogen-bond acceptors (Lipinski definition) is 2. The van der Waals surface area contributed by atoms with E-state index in [9.17, 15) is 0 Å². The van der Waals surface area contributed by atoms with Crippen molar-refractivity contribution >= 4 is 0 Å². The quantitative estimate of drug-likeness (QED) is 0.716. The van der Waals surface area contributed by atoms with Gasteiger partial charge in [0, 0.05) is 5.56 Å². The molecule has 0 amide bonds. The van der Waals surface area contributed by atoms with Gasteiger partial charge in [0.25, 0.3) is 0 Å². The van der Waals surface area contributed by atoms with Gasteiger partial charge in [-0.15, -0.1) is 0 Å². The van der Waals surface area contributed by atoms with Crippen LogP contribution in [0.25, 0.3) is 0 Å². The maximum Gasteiger partial charge on any atom is 0.123 e. The Kier molecular flexibility index (Phi) is 3.14. The fourth-order valence-corrected chi connectivity index (χ4v) is 1.40. The van der Waals surface area contributed by atoms with Gasteiger partial charge in [0.05, 0.1) is 19.1 Å². The van der Waals surface area contributed by atoms with E-state index in [1.54, 1.807) is 7.11 Å². The second kappa shape index (κ2) is 4.15. The van der Waals surface area contributed by atoms with E-state index in [4.69, 9.17) is 10.00 Å². The lowest BCUT2D eigenvalue weighted by Crippen LogP contribution is -1.97. The van der Waals surface area contributed by atoms with Gasteiger partial charge in [0.15, 0.2) is 0 Å². The number of rotatable bonds is 2. The lowest BCUT2D eigenvalue weighted by molar-refractivity contribution is 0.408. The molecule has 0 radical (unpaired) electrons. The predicted octanol–water partition coefficient (Wildman–Crippen LogP) is 2.94. The second-order valence-electron chi connectivity index (χ2n) is 3.53. The molecule has 1 aromatic carbocycles. The minimum absolute atomic E-state index is 0.121. The van der Waals surface area contributed by atoms with Crippen LogP contribution in [0.5, 0.6) is 5.75 Å². The van der Waals surface area contributed by atoms with Crippen molar-refractivity contribution < 1.29 is 4.74 Å². The van der Waals surface area contributed by atoms with E-state index in [1.807, 2.05) is 32.9 Å². The van der Waals surface area contributed by atoms with Gasteiger partial charge in [-0.05, 0) is 38.0 Å². The molecule has 1 atom stereocenters. The summed E-state index contributed by atoms with van der Waals surface area (Å²) in [6.45, 7) is 5.97. The number of nitrogens with zero attached hydrogens (tertiary/aromatic N) is 1. The topological polar surface area (TPSA) is 33.0 Å². The van der Waals surface area contributed by atoms with Crippen molar-refractivity contribution in [3.05, 3.63) is 28.8 Å². The minimum atomic E-state index is -0.121. The van der Waals surface area contributed by atoms with Crippen LogP contribution in [-0.2, 0) is 0 Å². The molecule has 2 heteroatoms. The van der Waals surface area contributed by atoms with Gasteiger partial charge < -0.3 is 4.74 Å². The van der Waals surface area contributed by atoms with Crippen molar-refractivity contribution in [3.63, 3.8) is 0 Å². The molecule has 74 valence electrons. The molecule has 14 heavy (non-hydrogen) atoms. The molecule has 1 aromatic rings. The largest absolute Gasteiger partial charge is 0.496 e. The van der Waals surface area contributed by atoms with Crippen LogP contribution in [0.2, 0.25) is 0 Å². The number of nitriles is 1. The first-order valence-corrected chi connectivity index (χ1v) is 4.65. The highest BCUT2D eigenvalue weighted by molar-refractivity contribution is 5.45. The van der Waals surface area contributed by atoms with E-state index in [0.717, 1.165) is 11.3 Å². The van der Waals surface area contributed by atoms with Gasteiger partial charge in [-0.1, -0.05) is 6.07 Å². The molecule has 0 bridgehead atoms. The summed E-state index contributed by atoms with van der Waals surface area (Å²) in [6.07, 6.45) is 0. The van der Waals surface area contributed by atoms with Gasteiger partial charge in [-0.3, -0.25) is 0 Å². The van der Waals surface area contributed by atoms with Gasteiger partial charge in [-0.2, -0.15) is 5.26 Å². The third kappa shape index (κ3) is 1.88. The van der Waals surface area contributed by atoms with E-state index in [-0.39, 0.29) is 5.92 Å². The van der Waals surface area contributed by atoms with Crippen LogP contribution in [0.4, 0.5) is 0 Å². The maximum absolute atomic E-state index is 8.86. The zero-order valence-electron chi connectivity index (χ0n) is 9.09. The maximum atomic E-state index is 8.86. The fraction of sp³-hybridized carbons (Fsp3) is 0.417. The first-order chi connectivity index (χ1) is 6.60. The lowest BCUT2D eigenvalue weighted by Gasteiger charge is -2.12. The SMILES string of the molecule is COc1cc(C)c(C)cc1C(C)C#N. The molecule has 0 heterocycles. The number of ether oxygens (including phenoxy) is 1. The molecule has 0 aromatic heterocycles. The highest BCUT2D eigenvalue weighted by Gasteiger charge is 2.11. The Morgan fingerprint density at radius 2 is 1.86 bits per heavy atom. The molecular weight excluding hydrogens is 174 g/mol. The van der Waals surface area contributed by atoms with Crippen molar-refractivity contribution in [2.75, 3.05) is 7.11 Å². The summed E-state index contributed by atoms with van der Waals surface area (Å²) in [7, 11) is 1.64. The minimum Gasteiger partial charge on any atom is -0.496 e. The first-order valence-electron chi connectivity index (χ1n) is 4.65. The molecule has 0 aliphatic rings. The molecule has 2 nitrogen and oxygen atoms in total. The Hall–Kier alpha value is -1.49. The van der Waals surface area contributed by atoms with Gasteiger partial charge in [-0.25, -0.2) is 0 Å². The van der Waals surface area contributed by atoms with E-state index in [2.05, 4.69) is 6.07 Å². The fourth-order valence-electron chi connectivity index (χ4n) is 1.40. The summed E-state index contributed by atoms with van der Waals surface area (Å²) in [5.74, 6) is 0.686. The third-order valence-corrected chi connectivity index (χ3v) is 2.51. The molecule has 1 unspecified atom stereocenters. The van der Waals surface area contributed by atoms with Crippen LogP contribution in [0.1, 0.15) is 29.5 Å². The summed E-state index contributed by atoms with van der Waals surface area (Å²) in [6, 6.07) is 6.24. The smallest absolute Gasteiger partial charge is 0.123 e. The van der Waals surface area contributed by atoms with Crippen molar-refractivity contribution in [1.29, 1.82) is 5.26 Å². The van der Waals surface area contributed by atoms with Crippen molar-refractivity contribution in [2.24, 2.45) is 0 Å². The molecule has 0 spiro atoms. The Morgan fingerprint density at radius 3 is 2.36 bits per heavy atom. The Morgan fingerprint density at radius 1 is 1.29 bits per heavy atom. The van der Waals surface area contributed by atoms with Crippen LogP contribution in [0.15, 0.2) is 12.1 Å². The number of hydrogen-bond donors (Lipinski definition) is 0. The average Bonchev–Trinajstić information content (AvgIpc) is 2.20. The Balaban J connectivity index is 3.28. The van der Waals surface area contributed by atoms with E-state index in [1.165, 1.54) is 11.1 Å². The van der Waals surface area contributed by atoms with Crippen LogP contribution >= 0.6 is 0 Å². The van der Waals surface area contributed by atoms with Gasteiger partial charge >= 0.3 is 0 Å². The van der Waals surface area contributed by atoms with Crippen LogP contribution < -0.4 is 4.74 Å². The molecule has 1 rings (SSSR count). The summed E-state index contributed by atoms with van der Waals surface area (Å²) < 4.78 is 5.25. The molecule has 0 saturated carbocycles. The van der Waals surface area contributed by atoms with Crippen LogP contribution in [0.3, 0.4) is 0 Å². The Bertz CT molecular complexity index is 377. The normalized spacial score (nSPS) is 11.9. The van der Waals surface area contributed by atoms with Crippen LogP contribution in [-0.4, -0.2) is 7.11 Å². The summed E-state index contributed by atoms with van der Waals surface area (Å²) in [4.78, 5) is 0. The molecule has 0 aliphatic carbocycles. The zero-order valence-corrected chi connectivity index (χ0v) is 9.09. The molecule has 0 N–H and O–H groups in total. The molecule has 0 saturated heterocycles. The van der Waals surface area contributed by atoms with Gasteiger partial charge in [0.2, 0.25) is 0 Å². The summed E-state index contributed by atoms with van der Waals surface area (Å²) in [5.41, 5.74) is 3.36. The van der Waals surface area contributed by atoms with Crippen molar-refractivity contribution in [1.82, 2.24) is 0 Å². The van der Waals surface area contributed by atoms with Crippen molar-refractivity contribution in [3.8, 4) is 11.8 Å². The molecule has 0 aliphatic heterocycles. The molecular formula is C12H15NO. The molecule has 0 fully saturated rings. The standard InChI is InChI=1S/C12H15NO/c1-8-5-11(10(3)7-13)12(14-4)6-9(8)2/h5-6,10H,1-4H3. The van der Waals surface area contributed by atoms with Crippen LogP contribution in [0, 0.1) is 25.2 Å². The number of benzene rings is 1. The summed E-state index contributed by atoms with van der Waals surface area (Å²) >= 11 is 0. The third-order valence-electron chi connectivity index (χ3n) is 2.51. The van der Waals surface area contributed by atoms with E-state index in [0.29, 0.717) is 0 Å². The second-order valence-corrected chi connectivity index (χ2v) is 3.53. The monoisotopic (exact) mass is 189 g/mol. The summed E-state index contributed by atoms with van der Waals surface area (Å²) in [5, 5.41) is 8.86. The Labute approximate surface area is 85.1 Å².